The minimum absolute atomic E-state index is 0.167. The maximum absolute atomic E-state index is 11.7. The van der Waals surface area contributed by atoms with Crippen LogP contribution >= 0.6 is 11.6 Å². The molecular weight excluding hydrogens is 254 g/mol. The number of benzene rings is 1. The molecule has 0 saturated carbocycles. The van der Waals surface area contributed by atoms with Gasteiger partial charge in [0.2, 0.25) is 0 Å². The number of amides is 1. The molecule has 5 heteroatoms. The molecule has 18 heavy (non-hydrogen) atoms. The molecule has 1 unspecified atom stereocenters. The van der Waals surface area contributed by atoms with E-state index in [1.54, 1.807) is 32.2 Å². The van der Waals surface area contributed by atoms with Crippen LogP contribution in [0.25, 0.3) is 0 Å². The standard InChI is InChI=1S/C13H18ClNO3/c1-9-8-11(4-5-12(9)14)18-10(2)13(16)15-6-7-17-3/h4-5,8,10H,6-7H2,1-3H3,(H,15,16). The van der Waals surface area contributed by atoms with E-state index in [1.807, 2.05) is 6.92 Å². The van der Waals surface area contributed by atoms with E-state index < -0.39 is 6.10 Å². The second-order valence-corrected chi connectivity index (χ2v) is 4.36. The molecule has 100 valence electrons. The predicted octanol–water partition coefficient (Wildman–Crippen LogP) is 2.18. The molecule has 1 amide bonds. The average Bonchev–Trinajstić information content (AvgIpc) is 2.34. The van der Waals surface area contributed by atoms with E-state index in [4.69, 9.17) is 21.1 Å². The van der Waals surface area contributed by atoms with Crippen molar-refractivity contribution in [1.29, 1.82) is 0 Å². The molecule has 1 aromatic carbocycles. The molecule has 1 N–H and O–H groups in total. The summed E-state index contributed by atoms with van der Waals surface area (Å²) in [4.78, 5) is 11.7. The summed E-state index contributed by atoms with van der Waals surface area (Å²) in [5.41, 5.74) is 0.918. The fraction of sp³-hybridized carbons (Fsp3) is 0.462. The van der Waals surface area contributed by atoms with Gasteiger partial charge in [-0.25, -0.2) is 0 Å². The Balaban J connectivity index is 2.50. The van der Waals surface area contributed by atoms with E-state index in [0.29, 0.717) is 23.9 Å². The number of hydrogen-bond donors (Lipinski definition) is 1. The third-order valence-electron chi connectivity index (χ3n) is 2.42. The molecule has 0 aliphatic heterocycles. The number of halogens is 1. The zero-order valence-electron chi connectivity index (χ0n) is 10.8. The molecule has 0 aliphatic carbocycles. The Bertz CT molecular complexity index is 409. The summed E-state index contributed by atoms with van der Waals surface area (Å²) < 4.78 is 10.4. The zero-order chi connectivity index (χ0) is 13.5. The SMILES string of the molecule is COCCNC(=O)C(C)Oc1ccc(Cl)c(C)c1. The number of carbonyl (C=O) groups is 1. The highest BCUT2D eigenvalue weighted by Gasteiger charge is 2.14. The molecule has 0 heterocycles. The first-order valence-corrected chi connectivity index (χ1v) is 6.12. The van der Waals surface area contributed by atoms with E-state index in [9.17, 15) is 4.79 Å². The average molecular weight is 272 g/mol. The van der Waals surface area contributed by atoms with Gasteiger partial charge in [-0.3, -0.25) is 4.79 Å². The molecule has 0 saturated heterocycles. The van der Waals surface area contributed by atoms with Crippen molar-refractivity contribution < 1.29 is 14.3 Å². The maximum atomic E-state index is 11.7. The zero-order valence-corrected chi connectivity index (χ0v) is 11.6. The summed E-state index contributed by atoms with van der Waals surface area (Å²) in [5, 5.41) is 3.39. The van der Waals surface area contributed by atoms with Gasteiger partial charge in [0.15, 0.2) is 6.10 Å². The van der Waals surface area contributed by atoms with Crippen molar-refractivity contribution in [3.63, 3.8) is 0 Å². The van der Waals surface area contributed by atoms with Gasteiger partial charge in [0.25, 0.3) is 5.91 Å². The van der Waals surface area contributed by atoms with E-state index in [0.717, 1.165) is 5.56 Å². The van der Waals surface area contributed by atoms with E-state index >= 15 is 0 Å². The number of rotatable bonds is 6. The second kappa shape index (κ2) is 7.24. The van der Waals surface area contributed by atoms with Crippen LogP contribution in [0.4, 0.5) is 0 Å². The van der Waals surface area contributed by atoms with Crippen LogP contribution in [0.5, 0.6) is 5.75 Å². The largest absolute Gasteiger partial charge is 0.481 e. The van der Waals surface area contributed by atoms with Crippen LogP contribution in [-0.2, 0) is 9.53 Å². The van der Waals surface area contributed by atoms with Gasteiger partial charge in [0, 0.05) is 18.7 Å². The van der Waals surface area contributed by atoms with Gasteiger partial charge in [-0.1, -0.05) is 11.6 Å². The van der Waals surface area contributed by atoms with Gasteiger partial charge < -0.3 is 14.8 Å². The molecule has 0 aromatic heterocycles. The number of ether oxygens (including phenoxy) is 2. The van der Waals surface area contributed by atoms with Crippen LogP contribution in [0.1, 0.15) is 12.5 Å². The molecular formula is C13H18ClNO3. The molecule has 1 atom stereocenters. The lowest BCUT2D eigenvalue weighted by atomic mass is 10.2. The molecule has 4 nitrogen and oxygen atoms in total. The fourth-order valence-electron chi connectivity index (χ4n) is 1.37. The molecule has 1 aromatic rings. The molecule has 1 rings (SSSR count). The van der Waals surface area contributed by atoms with E-state index in [1.165, 1.54) is 0 Å². The minimum atomic E-state index is -0.553. The predicted molar refractivity (Wildman–Crippen MR) is 71.2 cm³/mol. The third-order valence-corrected chi connectivity index (χ3v) is 2.84. The van der Waals surface area contributed by atoms with Gasteiger partial charge in [-0.15, -0.1) is 0 Å². The van der Waals surface area contributed by atoms with Crippen LogP contribution < -0.4 is 10.1 Å². The normalized spacial score (nSPS) is 12.0. The fourth-order valence-corrected chi connectivity index (χ4v) is 1.49. The third kappa shape index (κ3) is 4.55. The lowest BCUT2D eigenvalue weighted by molar-refractivity contribution is -0.127. The van der Waals surface area contributed by atoms with Crippen LogP contribution in [0, 0.1) is 6.92 Å². The highest BCUT2D eigenvalue weighted by Crippen LogP contribution is 2.21. The van der Waals surface area contributed by atoms with Crippen LogP contribution in [-0.4, -0.2) is 32.3 Å². The number of nitrogens with one attached hydrogen (secondary N) is 1. The van der Waals surface area contributed by atoms with Crippen LogP contribution in [0.3, 0.4) is 0 Å². The van der Waals surface area contributed by atoms with Crippen LogP contribution in [0.15, 0.2) is 18.2 Å². The Morgan fingerprint density at radius 2 is 2.22 bits per heavy atom. The molecule has 0 bridgehead atoms. The number of aryl methyl sites for hydroxylation is 1. The van der Waals surface area contributed by atoms with Crippen molar-refractivity contribution in [3.05, 3.63) is 28.8 Å². The van der Waals surface area contributed by atoms with Gasteiger partial charge in [-0.2, -0.15) is 0 Å². The van der Waals surface area contributed by atoms with Crippen molar-refractivity contribution in [2.45, 2.75) is 20.0 Å². The number of carbonyl (C=O) groups excluding carboxylic acids is 1. The molecule has 0 radical (unpaired) electrons. The summed E-state index contributed by atoms with van der Waals surface area (Å²) in [6.07, 6.45) is -0.553. The van der Waals surface area contributed by atoms with Crippen molar-refractivity contribution in [3.8, 4) is 5.75 Å². The van der Waals surface area contributed by atoms with Gasteiger partial charge in [0.1, 0.15) is 5.75 Å². The first-order valence-electron chi connectivity index (χ1n) is 5.74. The van der Waals surface area contributed by atoms with E-state index in [-0.39, 0.29) is 5.91 Å². The van der Waals surface area contributed by atoms with Crippen LogP contribution in [0.2, 0.25) is 5.02 Å². The first-order chi connectivity index (χ1) is 8.54. The Morgan fingerprint density at radius 1 is 1.50 bits per heavy atom. The van der Waals surface area contributed by atoms with Gasteiger partial charge >= 0.3 is 0 Å². The van der Waals surface area contributed by atoms with Crippen molar-refractivity contribution >= 4 is 17.5 Å². The van der Waals surface area contributed by atoms with Gasteiger partial charge in [0.05, 0.1) is 6.61 Å². The van der Waals surface area contributed by atoms with Gasteiger partial charge in [-0.05, 0) is 37.6 Å². The summed E-state index contributed by atoms with van der Waals surface area (Å²) in [5.74, 6) is 0.464. The maximum Gasteiger partial charge on any atom is 0.260 e. The second-order valence-electron chi connectivity index (χ2n) is 3.95. The lowest BCUT2D eigenvalue weighted by Crippen LogP contribution is -2.37. The highest BCUT2D eigenvalue weighted by atomic mass is 35.5. The van der Waals surface area contributed by atoms with E-state index in [2.05, 4.69) is 5.32 Å². The summed E-state index contributed by atoms with van der Waals surface area (Å²) in [7, 11) is 1.59. The number of methoxy groups -OCH3 is 1. The molecule has 0 spiro atoms. The first kappa shape index (κ1) is 14.8. The lowest BCUT2D eigenvalue weighted by Gasteiger charge is -2.15. The summed E-state index contributed by atoms with van der Waals surface area (Å²) >= 11 is 5.92. The van der Waals surface area contributed by atoms with Crippen molar-refractivity contribution in [2.75, 3.05) is 20.3 Å². The Morgan fingerprint density at radius 3 is 2.83 bits per heavy atom. The quantitative estimate of drug-likeness (QED) is 0.807. The highest BCUT2D eigenvalue weighted by molar-refractivity contribution is 6.31. The minimum Gasteiger partial charge on any atom is -0.481 e. The summed E-state index contributed by atoms with van der Waals surface area (Å²) in [6.45, 7) is 4.55. The Hall–Kier alpha value is -1.26. The smallest absolute Gasteiger partial charge is 0.260 e. The molecule has 0 aliphatic rings. The number of hydrogen-bond acceptors (Lipinski definition) is 3. The molecule has 0 fully saturated rings. The Labute approximate surface area is 112 Å². The Kier molecular flexibility index (Phi) is 5.95. The van der Waals surface area contributed by atoms with Crippen molar-refractivity contribution in [2.24, 2.45) is 0 Å². The van der Waals surface area contributed by atoms with Crippen molar-refractivity contribution in [1.82, 2.24) is 5.32 Å². The topological polar surface area (TPSA) is 47.6 Å². The summed E-state index contributed by atoms with van der Waals surface area (Å²) in [6, 6.07) is 5.30. The monoisotopic (exact) mass is 271 g/mol.